The summed E-state index contributed by atoms with van der Waals surface area (Å²) in [5, 5.41) is 15.6. The molecule has 9 heteroatoms. The molecule has 0 amide bonds. The summed E-state index contributed by atoms with van der Waals surface area (Å²) in [6.45, 7) is 3.61. The van der Waals surface area contributed by atoms with E-state index in [1.165, 1.54) is 27.1 Å². The smallest absolute Gasteiger partial charge is 0.235 e. The van der Waals surface area contributed by atoms with Crippen molar-refractivity contribution in [1.29, 1.82) is 0 Å². The summed E-state index contributed by atoms with van der Waals surface area (Å²) in [6, 6.07) is 11.7. The first kappa shape index (κ1) is 17.5. The number of aromatic hydroxyl groups is 1. The monoisotopic (exact) mass is 416 g/mol. The van der Waals surface area contributed by atoms with Crippen molar-refractivity contribution in [2.24, 2.45) is 0 Å². The first-order valence-electron chi connectivity index (χ1n) is 9.10. The molecule has 3 aromatic heterocycles. The second-order valence-electron chi connectivity index (χ2n) is 6.82. The summed E-state index contributed by atoms with van der Waals surface area (Å²) in [4.78, 5) is 9.42. The van der Waals surface area contributed by atoms with Gasteiger partial charge in [0.15, 0.2) is 11.8 Å². The van der Waals surface area contributed by atoms with Crippen LogP contribution in [0, 0.1) is 0 Å². The van der Waals surface area contributed by atoms with Crippen LogP contribution in [0.25, 0.3) is 4.96 Å². The number of benzene rings is 1. The van der Waals surface area contributed by atoms with Crippen molar-refractivity contribution in [3.63, 3.8) is 0 Å². The van der Waals surface area contributed by atoms with E-state index in [-0.39, 0.29) is 11.9 Å². The van der Waals surface area contributed by atoms with E-state index in [0.29, 0.717) is 4.96 Å². The Balaban J connectivity index is 1.43. The number of furan rings is 1. The lowest BCUT2D eigenvalue weighted by atomic mass is 10.1. The molecule has 0 bridgehead atoms. The Labute approximate surface area is 170 Å². The largest absolute Gasteiger partial charge is 0.492 e. The molecule has 1 atom stereocenters. The molecule has 1 aromatic carbocycles. The average Bonchev–Trinajstić information content (AvgIpc) is 3.44. The van der Waals surface area contributed by atoms with Gasteiger partial charge in [-0.3, -0.25) is 0 Å². The molecule has 4 aromatic rings. The van der Waals surface area contributed by atoms with Gasteiger partial charge in [0.25, 0.3) is 0 Å². The fourth-order valence-electron chi connectivity index (χ4n) is 3.87. The number of nitrogens with one attached hydrogen (secondary N) is 1. The molecule has 5 rings (SSSR count). The number of halogens is 1. The van der Waals surface area contributed by atoms with Crippen LogP contribution in [-0.2, 0) is 0 Å². The zero-order chi connectivity index (χ0) is 19.1. The normalized spacial score (nSPS) is 16.7. The third kappa shape index (κ3) is 3.03. The van der Waals surface area contributed by atoms with Crippen LogP contribution in [0.2, 0.25) is 5.02 Å². The summed E-state index contributed by atoms with van der Waals surface area (Å²) in [6.07, 6.45) is 3.13. The molecule has 0 spiro atoms. The maximum Gasteiger partial charge on any atom is 0.235 e. The lowest BCUT2D eigenvalue weighted by Gasteiger charge is -2.36. The van der Waals surface area contributed by atoms with Crippen LogP contribution < -0.4 is 9.80 Å². The van der Waals surface area contributed by atoms with Gasteiger partial charge in [0.1, 0.15) is 11.2 Å². The van der Waals surface area contributed by atoms with Crippen molar-refractivity contribution in [2.75, 3.05) is 31.1 Å². The Kier molecular flexibility index (Phi) is 4.46. The second-order valence-corrected chi connectivity index (χ2v) is 8.26. The van der Waals surface area contributed by atoms with E-state index in [9.17, 15) is 5.11 Å². The Morgan fingerprint density at radius 3 is 2.79 bits per heavy atom. The van der Waals surface area contributed by atoms with Gasteiger partial charge in [-0.05, 0) is 30.3 Å². The summed E-state index contributed by atoms with van der Waals surface area (Å²) < 4.78 is 7.24. The highest BCUT2D eigenvalue weighted by atomic mass is 35.5. The van der Waals surface area contributed by atoms with Crippen LogP contribution in [-0.4, -0.2) is 45.9 Å². The third-order valence-electron chi connectivity index (χ3n) is 5.22. The van der Waals surface area contributed by atoms with Gasteiger partial charge in [-0.25, -0.2) is 4.98 Å². The van der Waals surface area contributed by atoms with E-state index < -0.39 is 0 Å². The van der Waals surface area contributed by atoms with Gasteiger partial charge >= 0.3 is 0 Å². The molecular weight excluding hydrogens is 398 g/mol. The van der Waals surface area contributed by atoms with Gasteiger partial charge in [0, 0.05) is 10.7 Å². The highest BCUT2D eigenvalue weighted by Crippen LogP contribution is 2.34. The molecule has 7 nitrogen and oxygen atoms in total. The van der Waals surface area contributed by atoms with Crippen molar-refractivity contribution in [1.82, 2.24) is 14.6 Å². The zero-order valence-electron chi connectivity index (χ0n) is 15.0. The highest BCUT2D eigenvalue weighted by molar-refractivity contribution is 7.17. The second kappa shape index (κ2) is 7.12. The predicted octanol–water partition coefficient (Wildman–Crippen LogP) is 2.24. The Bertz CT molecular complexity index is 1090. The fourth-order valence-corrected chi connectivity index (χ4v) is 5.15. The van der Waals surface area contributed by atoms with E-state index in [1.54, 1.807) is 6.26 Å². The number of hydrogen-bond donors (Lipinski definition) is 2. The van der Waals surface area contributed by atoms with Crippen molar-refractivity contribution in [3.8, 4) is 5.88 Å². The topological polar surface area (TPSA) is 71.2 Å². The van der Waals surface area contributed by atoms with Gasteiger partial charge in [-0.2, -0.15) is 9.61 Å². The van der Waals surface area contributed by atoms with Crippen LogP contribution in [0.15, 0.2) is 53.4 Å². The molecule has 1 saturated heterocycles. The summed E-state index contributed by atoms with van der Waals surface area (Å²) in [7, 11) is 0. The molecule has 1 fully saturated rings. The number of anilines is 1. The molecule has 1 aliphatic heterocycles. The van der Waals surface area contributed by atoms with Crippen LogP contribution in [0.1, 0.15) is 16.7 Å². The molecule has 2 N–H and O–H groups in total. The number of nitrogens with zero attached hydrogens (tertiary/aromatic N) is 4. The number of thiazole rings is 1. The molecule has 144 valence electrons. The quantitative estimate of drug-likeness (QED) is 0.534. The minimum atomic E-state index is -0.0926. The first-order chi connectivity index (χ1) is 13.7. The maximum atomic E-state index is 10.7. The van der Waals surface area contributed by atoms with E-state index in [4.69, 9.17) is 16.0 Å². The molecule has 28 heavy (non-hydrogen) atoms. The Morgan fingerprint density at radius 1 is 1.21 bits per heavy atom. The lowest BCUT2D eigenvalue weighted by molar-refractivity contribution is -0.926. The standard InChI is InChI=1S/C19H18ClN5O2S/c20-13-3-1-4-14(11-13)23-6-8-24(9-7-23)16(15-5-2-10-27-15)17-18(26)25-19(28-17)21-12-22-25/h1-5,10-12,16,26H,6-9H2/p+1/t16-/m1/s1. The highest BCUT2D eigenvalue weighted by Gasteiger charge is 2.36. The molecule has 1 aliphatic rings. The summed E-state index contributed by atoms with van der Waals surface area (Å²) in [5.74, 6) is 0.981. The summed E-state index contributed by atoms with van der Waals surface area (Å²) in [5.41, 5.74) is 1.14. The Morgan fingerprint density at radius 2 is 2.07 bits per heavy atom. The van der Waals surface area contributed by atoms with Crippen molar-refractivity contribution >= 4 is 33.6 Å². The van der Waals surface area contributed by atoms with Crippen LogP contribution in [0.5, 0.6) is 5.88 Å². The number of fused-ring (bicyclic) bond motifs is 1. The first-order valence-corrected chi connectivity index (χ1v) is 10.3. The van der Waals surface area contributed by atoms with Gasteiger partial charge in [-0.1, -0.05) is 29.0 Å². The van der Waals surface area contributed by atoms with E-state index in [0.717, 1.165) is 47.5 Å². The fraction of sp³-hybridized carbons (Fsp3) is 0.263. The molecule has 0 radical (unpaired) electrons. The number of piperazine rings is 1. The van der Waals surface area contributed by atoms with Gasteiger partial charge in [0.2, 0.25) is 10.8 Å². The van der Waals surface area contributed by atoms with E-state index in [1.807, 2.05) is 30.3 Å². The van der Waals surface area contributed by atoms with Crippen LogP contribution in [0.3, 0.4) is 0 Å². The third-order valence-corrected chi connectivity index (χ3v) is 6.55. The molecule has 4 heterocycles. The molecule has 0 unspecified atom stereocenters. The molecule has 0 saturated carbocycles. The molecular formula is C19H19ClN5O2S+. The summed E-state index contributed by atoms with van der Waals surface area (Å²) >= 11 is 7.61. The van der Waals surface area contributed by atoms with E-state index >= 15 is 0 Å². The maximum absolute atomic E-state index is 10.7. The van der Waals surface area contributed by atoms with Gasteiger partial charge < -0.3 is 19.3 Å². The van der Waals surface area contributed by atoms with Crippen molar-refractivity contribution in [3.05, 3.63) is 64.6 Å². The zero-order valence-corrected chi connectivity index (χ0v) is 16.5. The SMILES string of the molecule is Oc1c([C@@H](c2ccco2)[NH+]2CCN(c3cccc(Cl)c3)CC2)sc2ncnn12. The number of aromatic nitrogens is 3. The van der Waals surface area contributed by atoms with Gasteiger partial charge in [-0.15, -0.1) is 0 Å². The van der Waals surface area contributed by atoms with Crippen LogP contribution >= 0.6 is 22.9 Å². The van der Waals surface area contributed by atoms with Crippen molar-refractivity contribution < 1.29 is 14.4 Å². The van der Waals surface area contributed by atoms with E-state index in [2.05, 4.69) is 21.0 Å². The van der Waals surface area contributed by atoms with Gasteiger partial charge in [0.05, 0.1) is 32.4 Å². The number of quaternary nitrogens is 1. The van der Waals surface area contributed by atoms with Crippen LogP contribution in [0.4, 0.5) is 5.69 Å². The Hall–Kier alpha value is -2.55. The minimum Gasteiger partial charge on any atom is -0.492 e. The molecule has 0 aliphatic carbocycles. The number of rotatable bonds is 4. The number of hydrogen-bond acceptors (Lipinski definition) is 6. The van der Waals surface area contributed by atoms with Crippen molar-refractivity contribution in [2.45, 2.75) is 6.04 Å². The predicted molar refractivity (Wildman–Crippen MR) is 107 cm³/mol. The minimum absolute atomic E-state index is 0.0926. The lowest BCUT2D eigenvalue weighted by Crippen LogP contribution is -3.15. The average molecular weight is 417 g/mol.